The van der Waals surface area contributed by atoms with E-state index >= 15 is 0 Å². The van der Waals surface area contributed by atoms with Crippen LogP contribution >= 0.6 is 0 Å². The molecule has 0 aromatic rings. The van der Waals surface area contributed by atoms with Crippen molar-refractivity contribution in [3.8, 4) is 0 Å². The van der Waals surface area contributed by atoms with E-state index in [2.05, 4.69) is 0 Å². The Morgan fingerprint density at radius 1 is 1.18 bits per heavy atom. The molecule has 0 radical (unpaired) electrons. The molecule has 0 fully saturated rings. The van der Waals surface area contributed by atoms with E-state index in [1.165, 1.54) is 0 Å². The van der Waals surface area contributed by atoms with Crippen molar-refractivity contribution in [2.45, 2.75) is 18.5 Å². The summed E-state index contributed by atoms with van der Waals surface area (Å²) in [6.07, 6.45) is -6.13. The fourth-order valence-corrected chi connectivity index (χ4v) is 0.447. The maximum atomic E-state index is 10.4. The third kappa shape index (κ3) is 2.91. The lowest BCUT2D eigenvalue weighted by molar-refractivity contribution is -0.169. The first-order valence-corrected chi connectivity index (χ1v) is 2.86. The molecule has 6 heteroatoms. The van der Waals surface area contributed by atoms with Gasteiger partial charge in [0, 0.05) is 0 Å². The summed E-state index contributed by atoms with van der Waals surface area (Å²) in [7, 11) is 0. The molecule has 0 rings (SSSR count). The van der Waals surface area contributed by atoms with Gasteiger partial charge in [-0.15, -0.1) is 0 Å². The molecule has 0 aliphatic carbocycles. The van der Waals surface area contributed by atoms with Gasteiger partial charge in [0.2, 0.25) is 0 Å². The topological polar surface area (TPSA) is 118 Å². The van der Waals surface area contributed by atoms with E-state index in [1.54, 1.807) is 0 Å². The molecule has 0 aliphatic heterocycles. The summed E-state index contributed by atoms with van der Waals surface area (Å²) < 4.78 is 0. The van der Waals surface area contributed by atoms with Crippen molar-refractivity contribution in [1.82, 2.24) is 0 Å². The van der Waals surface area contributed by atoms with E-state index in [4.69, 9.17) is 25.5 Å². The Morgan fingerprint density at radius 2 is 1.64 bits per heavy atom. The molecular formula is C5H10O6. The highest BCUT2D eigenvalue weighted by atomic mass is 16.5. The zero-order chi connectivity index (χ0) is 9.02. The van der Waals surface area contributed by atoms with Crippen LogP contribution in [-0.4, -0.2) is 56.4 Å². The molecule has 0 heterocycles. The molecule has 0 aliphatic rings. The molecule has 11 heavy (non-hydrogen) atoms. The Labute approximate surface area is 62.3 Å². The van der Waals surface area contributed by atoms with Gasteiger partial charge in [0.05, 0.1) is 0 Å². The summed E-state index contributed by atoms with van der Waals surface area (Å²) >= 11 is 0. The zero-order valence-corrected chi connectivity index (χ0v) is 5.58. The number of hydrogen-bond acceptors (Lipinski definition) is 6. The van der Waals surface area contributed by atoms with Crippen molar-refractivity contribution in [3.05, 3.63) is 0 Å². The van der Waals surface area contributed by atoms with Crippen LogP contribution in [0, 0.1) is 0 Å². The molecule has 0 unspecified atom stereocenters. The second-order valence-electron chi connectivity index (χ2n) is 1.97. The van der Waals surface area contributed by atoms with Crippen LogP contribution in [0.1, 0.15) is 0 Å². The predicted molar refractivity (Wildman–Crippen MR) is 32.3 cm³/mol. The standard InChI is InChI=1S/C5H10O6/c6-1-2(7)3(8)4(9)5(10)11/h3-6,8-11H,1H2/t3-,4+/m1/s1. The molecule has 0 bridgehead atoms. The lowest BCUT2D eigenvalue weighted by Gasteiger charge is -2.16. The smallest absolute Gasteiger partial charge is 0.189 e. The largest absolute Gasteiger partial charge is 0.388 e. The van der Waals surface area contributed by atoms with Crippen molar-refractivity contribution >= 4 is 5.78 Å². The average molecular weight is 166 g/mol. The molecule has 5 N–H and O–H groups in total. The monoisotopic (exact) mass is 166 g/mol. The van der Waals surface area contributed by atoms with Gasteiger partial charge in [-0.2, -0.15) is 0 Å². The highest BCUT2D eigenvalue weighted by molar-refractivity contribution is 5.84. The number of ketones is 1. The van der Waals surface area contributed by atoms with E-state index in [9.17, 15) is 4.79 Å². The Morgan fingerprint density at radius 3 is 1.91 bits per heavy atom. The van der Waals surface area contributed by atoms with Crippen molar-refractivity contribution in [2.75, 3.05) is 6.61 Å². The van der Waals surface area contributed by atoms with Crippen LogP contribution in [0.4, 0.5) is 0 Å². The second kappa shape index (κ2) is 4.37. The Hall–Kier alpha value is -0.530. The minimum atomic E-state index is -2.19. The highest BCUT2D eigenvalue weighted by Crippen LogP contribution is 1.98. The first kappa shape index (κ1) is 10.5. The number of hydrogen-bond donors (Lipinski definition) is 5. The minimum Gasteiger partial charge on any atom is -0.388 e. The number of Topliss-reactive ketones (excluding diaryl/α,β-unsaturated/α-hetero) is 1. The Kier molecular flexibility index (Phi) is 4.16. The molecule has 0 aromatic heterocycles. The summed E-state index contributed by atoms with van der Waals surface area (Å²) in [6.45, 7) is -0.953. The third-order valence-corrected chi connectivity index (χ3v) is 1.11. The van der Waals surface area contributed by atoms with Gasteiger partial charge in [-0.05, 0) is 0 Å². The zero-order valence-electron chi connectivity index (χ0n) is 5.58. The van der Waals surface area contributed by atoms with Crippen LogP contribution in [0.2, 0.25) is 0 Å². The molecule has 66 valence electrons. The van der Waals surface area contributed by atoms with E-state index in [0.29, 0.717) is 0 Å². The van der Waals surface area contributed by atoms with E-state index in [-0.39, 0.29) is 0 Å². The molecule has 0 aromatic carbocycles. The first-order chi connectivity index (χ1) is 5.00. The van der Waals surface area contributed by atoms with E-state index < -0.39 is 30.9 Å². The second-order valence-corrected chi connectivity index (χ2v) is 1.97. The molecule has 0 spiro atoms. The van der Waals surface area contributed by atoms with E-state index in [0.717, 1.165) is 0 Å². The van der Waals surface area contributed by atoms with Crippen molar-refractivity contribution in [3.63, 3.8) is 0 Å². The van der Waals surface area contributed by atoms with Crippen molar-refractivity contribution in [1.29, 1.82) is 0 Å². The van der Waals surface area contributed by atoms with Crippen LogP contribution in [0.3, 0.4) is 0 Å². The molecule has 2 atom stereocenters. The van der Waals surface area contributed by atoms with Crippen molar-refractivity contribution < 1.29 is 30.3 Å². The third-order valence-electron chi connectivity index (χ3n) is 1.11. The number of aliphatic hydroxyl groups excluding tert-OH is 4. The maximum Gasteiger partial charge on any atom is 0.189 e. The van der Waals surface area contributed by atoms with Gasteiger partial charge in [0.15, 0.2) is 12.1 Å². The Bertz CT molecular complexity index is 133. The molecule has 0 saturated carbocycles. The SMILES string of the molecule is O=C(CO)[C@@H](O)[C@H](O)C(O)O. The molecule has 6 nitrogen and oxygen atoms in total. The molecular weight excluding hydrogens is 156 g/mol. The van der Waals surface area contributed by atoms with Crippen LogP contribution in [-0.2, 0) is 4.79 Å². The molecule has 0 amide bonds. The quantitative estimate of drug-likeness (QED) is 0.277. The number of aliphatic hydroxyl groups is 5. The summed E-state index contributed by atoms with van der Waals surface area (Å²) in [4.78, 5) is 10.4. The van der Waals surface area contributed by atoms with Gasteiger partial charge in [0.1, 0.15) is 18.8 Å². The van der Waals surface area contributed by atoms with Gasteiger partial charge in [-0.25, -0.2) is 0 Å². The first-order valence-electron chi connectivity index (χ1n) is 2.86. The van der Waals surface area contributed by atoms with Gasteiger partial charge in [0.25, 0.3) is 0 Å². The van der Waals surface area contributed by atoms with E-state index in [1.807, 2.05) is 0 Å². The predicted octanol–water partition coefficient (Wildman–Crippen LogP) is -3.42. The van der Waals surface area contributed by atoms with Gasteiger partial charge < -0.3 is 25.5 Å². The number of carbonyl (C=O) groups is 1. The summed E-state index contributed by atoms with van der Waals surface area (Å²) in [6, 6.07) is 0. The van der Waals surface area contributed by atoms with Gasteiger partial charge in [-0.3, -0.25) is 4.79 Å². The number of carbonyl (C=O) groups excluding carboxylic acids is 1. The Balaban J connectivity index is 4.01. The summed E-state index contributed by atoms with van der Waals surface area (Å²) in [5.74, 6) is -1.06. The fourth-order valence-electron chi connectivity index (χ4n) is 0.447. The lowest BCUT2D eigenvalue weighted by atomic mass is 10.1. The summed E-state index contributed by atoms with van der Waals surface area (Å²) in [5.41, 5.74) is 0. The van der Waals surface area contributed by atoms with Gasteiger partial charge >= 0.3 is 0 Å². The maximum absolute atomic E-state index is 10.4. The van der Waals surface area contributed by atoms with Crippen LogP contribution in [0.25, 0.3) is 0 Å². The molecule has 0 saturated heterocycles. The van der Waals surface area contributed by atoms with Crippen LogP contribution < -0.4 is 0 Å². The van der Waals surface area contributed by atoms with Gasteiger partial charge in [-0.1, -0.05) is 0 Å². The normalized spacial score (nSPS) is 16.5. The number of rotatable bonds is 4. The highest BCUT2D eigenvalue weighted by Gasteiger charge is 2.28. The van der Waals surface area contributed by atoms with Crippen LogP contribution in [0.5, 0.6) is 0 Å². The lowest BCUT2D eigenvalue weighted by Crippen LogP contribution is -2.43. The summed E-state index contributed by atoms with van der Waals surface area (Å²) in [5, 5.41) is 41.9. The minimum absolute atomic E-state index is 0.953. The average Bonchev–Trinajstić information content (AvgIpc) is 2.00. The van der Waals surface area contributed by atoms with Crippen LogP contribution in [0.15, 0.2) is 0 Å². The van der Waals surface area contributed by atoms with Crippen molar-refractivity contribution in [2.24, 2.45) is 0 Å². The fraction of sp³-hybridized carbons (Fsp3) is 0.800.